The molecule has 0 bridgehead atoms. The molecule has 3 nitrogen and oxygen atoms in total. The quantitative estimate of drug-likeness (QED) is 0.849. The maximum atomic E-state index is 5.80. The van der Waals surface area contributed by atoms with E-state index < -0.39 is 0 Å². The third-order valence-corrected chi connectivity index (χ3v) is 3.33. The van der Waals surface area contributed by atoms with E-state index in [9.17, 15) is 0 Å². The van der Waals surface area contributed by atoms with Gasteiger partial charge in [0, 0.05) is 12.2 Å². The van der Waals surface area contributed by atoms with E-state index in [1.54, 1.807) is 0 Å². The normalized spacial score (nSPS) is 10.9. The highest BCUT2D eigenvalue weighted by atomic mass is 79.9. The summed E-state index contributed by atoms with van der Waals surface area (Å²) in [5.41, 5.74) is 1.02. The Morgan fingerprint density at radius 1 is 1.33 bits per heavy atom. The fourth-order valence-corrected chi connectivity index (χ4v) is 2.22. The van der Waals surface area contributed by atoms with Gasteiger partial charge < -0.3 is 9.30 Å². The Labute approximate surface area is 116 Å². The molecule has 96 valence electrons. The number of rotatable bonds is 4. The number of nitrogens with zero attached hydrogens (tertiary/aromatic N) is 2. The van der Waals surface area contributed by atoms with Gasteiger partial charge in [-0.15, -0.1) is 0 Å². The van der Waals surface area contributed by atoms with Crippen LogP contribution < -0.4 is 4.74 Å². The van der Waals surface area contributed by atoms with Gasteiger partial charge in [-0.2, -0.15) is 0 Å². The van der Waals surface area contributed by atoms with E-state index in [-0.39, 0.29) is 0 Å². The topological polar surface area (TPSA) is 27.1 Å². The Morgan fingerprint density at radius 3 is 2.72 bits per heavy atom. The zero-order chi connectivity index (χ0) is 13.1. The van der Waals surface area contributed by atoms with Gasteiger partial charge >= 0.3 is 0 Å². The SMILES string of the molecule is Cc1cn(C(C)C)c(COc2ccccc2Br)n1. The summed E-state index contributed by atoms with van der Waals surface area (Å²) in [5.74, 6) is 1.80. The molecule has 0 saturated heterocycles. The molecular formula is C14H17BrN2O. The molecule has 0 N–H and O–H groups in total. The first-order chi connectivity index (χ1) is 8.58. The number of hydrogen-bond acceptors (Lipinski definition) is 2. The van der Waals surface area contributed by atoms with Crippen LogP contribution in [0.2, 0.25) is 0 Å². The van der Waals surface area contributed by atoms with E-state index >= 15 is 0 Å². The molecule has 2 rings (SSSR count). The first kappa shape index (κ1) is 13.1. The fraction of sp³-hybridized carbons (Fsp3) is 0.357. The van der Waals surface area contributed by atoms with Gasteiger partial charge in [-0.25, -0.2) is 4.98 Å². The van der Waals surface area contributed by atoms with Crippen molar-refractivity contribution in [3.8, 4) is 5.75 Å². The van der Waals surface area contributed by atoms with Gasteiger partial charge in [0.2, 0.25) is 0 Å². The maximum absolute atomic E-state index is 5.80. The van der Waals surface area contributed by atoms with Crippen LogP contribution in [0.25, 0.3) is 0 Å². The highest BCUT2D eigenvalue weighted by Gasteiger charge is 2.09. The molecule has 4 heteroatoms. The van der Waals surface area contributed by atoms with Crippen molar-refractivity contribution in [1.29, 1.82) is 0 Å². The summed E-state index contributed by atoms with van der Waals surface area (Å²) in [6, 6.07) is 8.23. The predicted octanol–water partition coefficient (Wildman–Crippen LogP) is 4.11. The number of ether oxygens (including phenoxy) is 1. The zero-order valence-electron chi connectivity index (χ0n) is 10.9. The molecule has 0 spiro atoms. The van der Waals surface area contributed by atoms with Crippen LogP contribution in [0.4, 0.5) is 0 Å². The van der Waals surface area contributed by atoms with Crippen LogP contribution in [0.1, 0.15) is 31.4 Å². The lowest BCUT2D eigenvalue weighted by Gasteiger charge is -2.12. The second-order valence-electron chi connectivity index (χ2n) is 4.52. The van der Waals surface area contributed by atoms with Crippen LogP contribution in [0, 0.1) is 6.92 Å². The highest BCUT2D eigenvalue weighted by Crippen LogP contribution is 2.24. The third kappa shape index (κ3) is 2.93. The van der Waals surface area contributed by atoms with Crippen molar-refractivity contribution < 1.29 is 4.74 Å². The zero-order valence-corrected chi connectivity index (χ0v) is 12.4. The van der Waals surface area contributed by atoms with Gasteiger partial charge in [-0.3, -0.25) is 0 Å². The molecule has 18 heavy (non-hydrogen) atoms. The number of halogens is 1. The minimum absolute atomic E-state index is 0.393. The lowest BCUT2D eigenvalue weighted by molar-refractivity contribution is 0.284. The lowest BCUT2D eigenvalue weighted by atomic mass is 10.3. The number of benzene rings is 1. The van der Waals surface area contributed by atoms with E-state index in [0.29, 0.717) is 12.6 Å². The average Bonchev–Trinajstić information content (AvgIpc) is 2.70. The summed E-state index contributed by atoms with van der Waals surface area (Å²) >= 11 is 3.47. The molecule has 1 aromatic heterocycles. The molecular weight excluding hydrogens is 292 g/mol. The first-order valence-electron chi connectivity index (χ1n) is 5.99. The second kappa shape index (κ2) is 5.57. The van der Waals surface area contributed by atoms with Crippen molar-refractivity contribution in [2.24, 2.45) is 0 Å². The standard InChI is InChI=1S/C14H17BrN2O/c1-10(2)17-8-11(3)16-14(17)9-18-13-7-5-4-6-12(13)15/h4-8,10H,9H2,1-3H3. The molecule has 0 aliphatic rings. The highest BCUT2D eigenvalue weighted by molar-refractivity contribution is 9.10. The summed E-state index contributed by atoms with van der Waals surface area (Å²) in [6.07, 6.45) is 2.06. The van der Waals surface area contributed by atoms with Gasteiger partial charge in [0.05, 0.1) is 10.2 Å². The van der Waals surface area contributed by atoms with Crippen molar-refractivity contribution in [3.05, 3.63) is 46.5 Å². The molecule has 0 fully saturated rings. The molecule has 0 amide bonds. The monoisotopic (exact) mass is 308 g/mol. The van der Waals surface area contributed by atoms with Crippen molar-refractivity contribution in [2.75, 3.05) is 0 Å². The predicted molar refractivity (Wildman–Crippen MR) is 75.8 cm³/mol. The van der Waals surface area contributed by atoms with Crippen LogP contribution in [0.5, 0.6) is 5.75 Å². The average molecular weight is 309 g/mol. The Morgan fingerprint density at radius 2 is 2.06 bits per heavy atom. The van der Waals surface area contributed by atoms with E-state index in [1.165, 1.54) is 0 Å². The summed E-state index contributed by atoms with van der Waals surface area (Å²) in [4.78, 5) is 4.50. The molecule has 0 atom stereocenters. The first-order valence-corrected chi connectivity index (χ1v) is 6.79. The van der Waals surface area contributed by atoms with Crippen LogP contribution in [0.3, 0.4) is 0 Å². The molecule has 0 radical (unpaired) electrons. The van der Waals surface area contributed by atoms with Gasteiger partial charge in [0.25, 0.3) is 0 Å². The molecule has 0 aliphatic heterocycles. The van der Waals surface area contributed by atoms with E-state index in [2.05, 4.69) is 45.5 Å². The number of hydrogen-bond donors (Lipinski definition) is 0. The maximum Gasteiger partial charge on any atom is 0.147 e. The molecule has 1 heterocycles. The molecule has 1 aromatic carbocycles. The minimum Gasteiger partial charge on any atom is -0.484 e. The fourth-order valence-electron chi connectivity index (χ4n) is 1.82. The number of aromatic nitrogens is 2. The van der Waals surface area contributed by atoms with Gasteiger partial charge in [0.15, 0.2) is 0 Å². The third-order valence-electron chi connectivity index (χ3n) is 2.68. The summed E-state index contributed by atoms with van der Waals surface area (Å²) in [5, 5.41) is 0. The van der Waals surface area contributed by atoms with Gasteiger partial charge in [-0.05, 0) is 48.8 Å². The Hall–Kier alpha value is -1.29. The number of aryl methyl sites for hydroxylation is 1. The number of imidazole rings is 1. The van der Waals surface area contributed by atoms with Crippen molar-refractivity contribution >= 4 is 15.9 Å². The second-order valence-corrected chi connectivity index (χ2v) is 5.37. The van der Waals surface area contributed by atoms with Gasteiger partial charge in [-0.1, -0.05) is 12.1 Å². The summed E-state index contributed by atoms with van der Waals surface area (Å²) < 4.78 is 8.90. The smallest absolute Gasteiger partial charge is 0.147 e. The Kier molecular flexibility index (Phi) is 4.07. The van der Waals surface area contributed by atoms with Gasteiger partial charge in [0.1, 0.15) is 18.2 Å². The van der Waals surface area contributed by atoms with Crippen molar-refractivity contribution in [2.45, 2.75) is 33.4 Å². The summed E-state index contributed by atoms with van der Waals surface area (Å²) in [7, 11) is 0. The Balaban J connectivity index is 2.13. The van der Waals surface area contributed by atoms with Crippen LogP contribution in [-0.4, -0.2) is 9.55 Å². The van der Waals surface area contributed by atoms with Crippen LogP contribution >= 0.6 is 15.9 Å². The molecule has 0 unspecified atom stereocenters. The number of para-hydroxylation sites is 1. The van der Waals surface area contributed by atoms with E-state index in [0.717, 1.165) is 21.7 Å². The molecule has 0 aliphatic carbocycles. The lowest BCUT2D eigenvalue weighted by Crippen LogP contribution is -2.08. The van der Waals surface area contributed by atoms with Crippen LogP contribution in [-0.2, 0) is 6.61 Å². The minimum atomic E-state index is 0.393. The van der Waals surface area contributed by atoms with E-state index in [4.69, 9.17) is 4.74 Å². The van der Waals surface area contributed by atoms with Crippen LogP contribution in [0.15, 0.2) is 34.9 Å². The largest absolute Gasteiger partial charge is 0.484 e. The summed E-state index contributed by atoms with van der Waals surface area (Å²) in [6.45, 7) is 6.77. The van der Waals surface area contributed by atoms with Crippen molar-refractivity contribution in [1.82, 2.24) is 9.55 Å². The molecule has 2 aromatic rings. The van der Waals surface area contributed by atoms with E-state index in [1.807, 2.05) is 31.2 Å². The Bertz CT molecular complexity index is 534. The van der Waals surface area contributed by atoms with Crippen molar-refractivity contribution in [3.63, 3.8) is 0 Å². The molecule has 0 saturated carbocycles.